The van der Waals surface area contributed by atoms with Crippen molar-refractivity contribution in [1.29, 1.82) is 0 Å². The number of carbonyl (C=O) groups is 2. The van der Waals surface area contributed by atoms with E-state index in [-0.39, 0.29) is 24.6 Å². The lowest BCUT2D eigenvalue weighted by Gasteiger charge is -2.19. The number of carbonyl (C=O) groups excluding carboxylic acids is 2. The van der Waals surface area contributed by atoms with Gasteiger partial charge in [0.15, 0.2) is 0 Å². The van der Waals surface area contributed by atoms with E-state index in [9.17, 15) is 9.59 Å². The Morgan fingerprint density at radius 2 is 1.56 bits per heavy atom. The van der Waals surface area contributed by atoms with E-state index in [1.165, 1.54) is 0 Å². The maximum atomic E-state index is 12.5. The molecule has 6 nitrogen and oxygen atoms in total. The Labute approximate surface area is 187 Å². The molecule has 1 aliphatic heterocycles. The highest BCUT2D eigenvalue weighted by molar-refractivity contribution is 5.94. The van der Waals surface area contributed by atoms with Crippen LogP contribution in [0.1, 0.15) is 22.7 Å². The smallest absolute Gasteiger partial charge is 0.321 e. The number of nitrogens with one attached hydrogen (secondary N) is 3. The minimum atomic E-state index is -0.285. The Kier molecular flexibility index (Phi) is 6.69. The molecular formula is C26H24N4O2. The number of nitrogens with zero attached hydrogens (tertiary/aromatic N) is 1. The third-order valence-corrected chi connectivity index (χ3v) is 5.15. The van der Waals surface area contributed by atoms with E-state index >= 15 is 0 Å². The summed E-state index contributed by atoms with van der Waals surface area (Å²) in [6, 6.07) is 26.6. The standard InChI is InChI=1S/C26H24N4O2/c31-25(29-24(21-9-3-1-4-10-21)22-11-5-2-6-12-22)27-17-7-8-20-13-15-23(16-14-20)30-19-18-28-26(30)32/h1-6,9-16,24H,17-19H2,(H,28,32)(H2,27,29,31). The summed E-state index contributed by atoms with van der Waals surface area (Å²) in [4.78, 5) is 25.9. The molecule has 1 fully saturated rings. The fraction of sp³-hybridized carbons (Fsp3) is 0.154. The van der Waals surface area contributed by atoms with Crippen LogP contribution in [-0.2, 0) is 0 Å². The lowest BCUT2D eigenvalue weighted by Crippen LogP contribution is -2.38. The molecule has 0 spiro atoms. The molecule has 1 saturated heterocycles. The number of rotatable bonds is 5. The highest BCUT2D eigenvalue weighted by Crippen LogP contribution is 2.21. The monoisotopic (exact) mass is 424 g/mol. The van der Waals surface area contributed by atoms with Gasteiger partial charge in [-0.05, 0) is 35.4 Å². The van der Waals surface area contributed by atoms with E-state index in [1.54, 1.807) is 4.90 Å². The van der Waals surface area contributed by atoms with Crippen LogP contribution in [0, 0.1) is 11.8 Å². The molecule has 160 valence electrons. The molecule has 0 aromatic heterocycles. The van der Waals surface area contributed by atoms with Crippen molar-refractivity contribution in [2.45, 2.75) is 6.04 Å². The first-order valence-corrected chi connectivity index (χ1v) is 10.5. The largest absolute Gasteiger partial charge is 0.336 e. The number of hydrogen-bond acceptors (Lipinski definition) is 2. The van der Waals surface area contributed by atoms with Crippen LogP contribution in [0.3, 0.4) is 0 Å². The van der Waals surface area contributed by atoms with Crippen molar-refractivity contribution in [3.05, 3.63) is 102 Å². The predicted octanol–water partition coefficient (Wildman–Crippen LogP) is 3.66. The third kappa shape index (κ3) is 5.27. The Hall–Kier alpha value is -4.24. The summed E-state index contributed by atoms with van der Waals surface area (Å²) in [5.41, 5.74) is 3.68. The van der Waals surface area contributed by atoms with Crippen molar-refractivity contribution in [3.63, 3.8) is 0 Å². The van der Waals surface area contributed by atoms with Crippen LogP contribution in [-0.4, -0.2) is 31.7 Å². The predicted molar refractivity (Wildman–Crippen MR) is 125 cm³/mol. The van der Waals surface area contributed by atoms with Gasteiger partial charge in [-0.25, -0.2) is 9.59 Å². The molecule has 4 amide bonds. The van der Waals surface area contributed by atoms with Crippen LogP contribution in [0.25, 0.3) is 0 Å². The highest BCUT2D eigenvalue weighted by Gasteiger charge is 2.20. The Morgan fingerprint density at radius 3 is 2.12 bits per heavy atom. The summed E-state index contributed by atoms with van der Waals surface area (Å²) in [5, 5.41) is 8.61. The molecule has 1 heterocycles. The molecule has 0 aliphatic carbocycles. The molecule has 3 aromatic carbocycles. The minimum absolute atomic E-state index is 0.0802. The van der Waals surface area contributed by atoms with Crippen molar-refractivity contribution >= 4 is 17.7 Å². The molecule has 0 saturated carbocycles. The zero-order valence-corrected chi connectivity index (χ0v) is 17.5. The van der Waals surface area contributed by atoms with Crippen LogP contribution in [0.2, 0.25) is 0 Å². The van der Waals surface area contributed by atoms with Gasteiger partial charge >= 0.3 is 12.1 Å². The van der Waals surface area contributed by atoms with Gasteiger partial charge in [0.05, 0.1) is 12.6 Å². The molecule has 0 radical (unpaired) electrons. The van der Waals surface area contributed by atoms with Crippen molar-refractivity contribution in [2.75, 3.05) is 24.5 Å². The summed E-state index contributed by atoms with van der Waals surface area (Å²) in [6.07, 6.45) is 0. The SMILES string of the molecule is O=C(NCC#Cc1ccc(N2CCNC2=O)cc1)NC(c1ccccc1)c1ccccc1. The molecule has 32 heavy (non-hydrogen) atoms. The zero-order valence-electron chi connectivity index (χ0n) is 17.5. The van der Waals surface area contributed by atoms with Crippen molar-refractivity contribution in [1.82, 2.24) is 16.0 Å². The Morgan fingerprint density at radius 1 is 0.938 bits per heavy atom. The van der Waals surface area contributed by atoms with E-state index in [1.807, 2.05) is 84.9 Å². The van der Waals surface area contributed by atoms with Crippen LogP contribution < -0.4 is 20.9 Å². The average Bonchev–Trinajstić information content (AvgIpc) is 3.27. The normalized spacial score (nSPS) is 12.7. The molecule has 6 heteroatoms. The van der Waals surface area contributed by atoms with Crippen molar-refractivity contribution in [2.24, 2.45) is 0 Å². The van der Waals surface area contributed by atoms with Crippen molar-refractivity contribution in [3.8, 4) is 11.8 Å². The number of benzene rings is 3. The lowest BCUT2D eigenvalue weighted by molar-refractivity contribution is 0.240. The molecule has 4 rings (SSSR count). The molecule has 0 atom stereocenters. The fourth-order valence-electron chi connectivity index (χ4n) is 3.55. The van der Waals surface area contributed by atoms with Crippen molar-refractivity contribution < 1.29 is 9.59 Å². The quantitative estimate of drug-likeness (QED) is 0.547. The second kappa shape index (κ2) is 10.2. The van der Waals surface area contributed by atoms with E-state index < -0.39 is 0 Å². The Balaban J connectivity index is 1.34. The summed E-state index contributed by atoms with van der Waals surface area (Å²) >= 11 is 0. The summed E-state index contributed by atoms with van der Waals surface area (Å²) in [7, 11) is 0. The minimum Gasteiger partial charge on any atom is -0.336 e. The maximum Gasteiger partial charge on any atom is 0.321 e. The van der Waals surface area contributed by atoms with E-state index in [4.69, 9.17) is 0 Å². The average molecular weight is 425 g/mol. The van der Waals surface area contributed by atoms with Crippen LogP contribution in [0.5, 0.6) is 0 Å². The van der Waals surface area contributed by atoms with E-state index in [0.29, 0.717) is 13.1 Å². The fourth-order valence-corrected chi connectivity index (χ4v) is 3.55. The van der Waals surface area contributed by atoms with E-state index in [2.05, 4.69) is 27.8 Å². The second-order valence-corrected chi connectivity index (χ2v) is 7.31. The number of hydrogen-bond donors (Lipinski definition) is 3. The zero-order chi connectivity index (χ0) is 22.2. The Bertz CT molecular complexity index is 1080. The van der Waals surface area contributed by atoms with Gasteiger partial charge in [0, 0.05) is 24.3 Å². The number of anilines is 1. The topological polar surface area (TPSA) is 73.5 Å². The third-order valence-electron chi connectivity index (χ3n) is 5.15. The van der Waals surface area contributed by atoms with Gasteiger partial charge in [0.25, 0.3) is 0 Å². The first-order chi connectivity index (χ1) is 15.7. The van der Waals surface area contributed by atoms with Crippen LogP contribution >= 0.6 is 0 Å². The molecule has 0 bridgehead atoms. The van der Waals surface area contributed by atoms with Gasteiger partial charge in [-0.3, -0.25) is 4.90 Å². The van der Waals surface area contributed by atoms with Gasteiger partial charge in [-0.1, -0.05) is 72.5 Å². The van der Waals surface area contributed by atoms with Gasteiger partial charge in [0.1, 0.15) is 0 Å². The molecule has 0 unspecified atom stereocenters. The highest BCUT2D eigenvalue weighted by atomic mass is 16.2. The molecule has 1 aliphatic rings. The van der Waals surface area contributed by atoms with Gasteiger partial charge in [0.2, 0.25) is 0 Å². The molecule has 3 N–H and O–H groups in total. The van der Waals surface area contributed by atoms with Gasteiger partial charge in [-0.2, -0.15) is 0 Å². The maximum absolute atomic E-state index is 12.5. The molecule has 3 aromatic rings. The van der Waals surface area contributed by atoms with Crippen LogP contribution in [0.15, 0.2) is 84.9 Å². The summed E-state index contributed by atoms with van der Waals surface area (Å²) < 4.78 is 0. The summed E-state index contributed by atoms with van der Waals surface area (Å²) in [6.45, 7) is 1.54. The van der Waals surface area contributed by atoms with Crippen LogP contribution in [0.4, 0.5) is 15.3 Å². The lowest BCUT2D eigenvalue weighted by atomic mass is 9.99. The second-order valence-electron chi connectivity index (χ2n) is 7.31. The summed E-state index contributed by atoms with van der Waals surface area (Å²) in [5.74, 6) is 6.00. The first kappa shape index (κ1) is 21.0. The number of urea groups is 2. The first-order valence-electron chi connectivity index (χ1n) is 10.5. The van der Waals surface area contributed by atoms with Gasteiger partial charge < -0.3 is 16.0 Å². The van der Waals surface area contributed by atoms with E-state index in [0.717, 1.165) is 22.4 Å². The molecular weight excluding hydrogens is 400 g/mol. The number of amides is 4. The van der Waals surface area contributed by atoms with Gasteiger partial charge in [-0.15, -0.1) is 0 Å².